The summed E-state index contributed by atoms with van der Waals surface area (Å²) in [6, 6.07) is 0. The molecule has 0 radical (unpaired) electrons. The van der Waals surface area contributed by atoms with E-state index in [-0.39, 0.29) is 23.7 Å². The second-order valence-electron chi connectivity index (χ2n) is 14.9. The van der Waals surface area contributed by atoms with Crippen molar-refractivity contribution in [2.24, 2.45) is 46.3 Å². The van der Waals surface area contributed by atoms with Gasteiger partial charge < -0.3 is 14.9 Å². The lowest BCUT2D eigenvalue weighted by molar-refractivity contribution is -0.203. The maximum absolute atomic E-state index is 11.9. The van der Waals surface area contributed by atoms with Crippen LogP contribution < -0.4 is 0 Å². The maximum atomic E-state index is 11.9. The lowest BCUT2D eigenvalue weighted by Crippen LogP contribution is -2.59. The molecule has 3 nitrogen and oxygen atoms in total. The molecule has 0 aromatic rings. The second kappa shape index (κ2) is 10.3. The molecule has 0 aromatic carbocycles. The molecule has 0 bridgehead atoms. The fraction of sp³-hybridized carbons (Fsp3) is 1.00. The van der Waals surface area contributed by atoms with Crippen LogP contribution in [0.1, 0.15) is 127 Å². The van der Waals surface area contributed by atoms with Gasteiger partial charge in [0.25, 0.3) is 0 Å². The quantitative estimate of drug-likeness (QED) is 0.377. The van der Waals surface area contributed by atoms with Crippen LogP contribution in [0.3, 0.4) is 0 Å². The molecule has 0 saturated heterocycles. The van der Waals surface area contributed by atoms with Gasteiger partial charge in [-0.25, -0.2) is 0 Å². The molecule has 0 unspecified atom stereocenters. The monoisotopic (exact) mass is 478 g/mol. The molecule has 0 aromatic heterocycles. The second-order valence-corrected chi connectivity index (χ2v) is 14.9. The summed E-state index contributed by atoms with van der Waals surface area (Å²) in [5.74, 6) is 3.63. The molecule has 3 aliphatic rings. The van der Waals surface area contributed by atoms with Crippen molar-refractivity contribution in [2.75, 3.05) is 6.61 Å². The SMILES string of the molecule is CC(C)CCC[C@H](C)[C@@H]1CC[C@@H]2[C@H](CO)[C@@H]([C@@]3(C)CC[C@H](OC(C)(C)C)C[C@]3(C)O)CC[C@@]21C. The van der Waals surface area contributed by atoms with Gasteiger partial charge in [0.2, 0.25) is 0 Å². The normalized spacial score (nSPS) is 44.3. The third kappa shape index (κ3) is 5.57. The van der Waals surface area contributed by atoms with Crippen LogP contribution in [0.15, 0.2) is 0 Å². The van der Waals surface area contributed by atoms with Crippen LogP contribution in [0.5, 0.6) is 0 Å². The summed E-state index contributed by atoms with van der Waals surface area (Å²) in [7, 11) is 0. The van der Waals surface area contributed by atoms with E-state index < -0.39 is 5.60 Å². The first kappa shape index (κ1) is 28.5. The first-order chi connectivity index (χ1) is 15.6. The van der Waals surface area contributed by atoms with Crippen LogP contribution >= 0.6 is 0 Å². The molecular formula is C31H58O3. The number of rotatable bonds is 8. The van der Waals surface area contributed by atoms with Crippen molar-refractivity contribution in [3.8, 4) is 0 Å². The standard InChI is InChI=1S/C31H58O3/c1-21(2)11-10-12-22(3)25-13-14-26-24(20-32)27(16-17-29(25,26)7)30(8)18-15-23(19-31(30,9)33)34-28(4,5)6/h21-27,32-33H,10-20H2,1-9H3/t22-,23-,24-,25-,26+,27-,29+,30+,31-/m0/s1. The van der Waals surface area contributed by atoms with Crippen molar-refractivity contribution in [2.45, 2.75) is 144 Å². The Morgan fingerprint density at radius 2 is 1.59 bits per heavy atom. The van der Waals surface area contributed by atoms with E-state index >= 15 is 0 Å². The van der Waals surface area contributed by atoms with Gasteiger partial charge in [-0.1, -0.05) is 53.9 Å². The molecule has 0 amide bonds. The summed E-state index contributed by atoms with van der Waals surface area (Å²) in [5, 5.41) is 22.6. The Labute approximate surface area is 211 Å². The largest absolute Gasteiger partial charge is 0.396 e. The lowest BCUT2D eigenvalue weighted by atomic mass is 9.47. The van der Waals surface area contributed by atoms with E-state index in [1.807, 2.05) is 0 Å². The molecule has 0 spiro atoms. The molecule has 0 aliphatic heterocycles. The molecule has 3 saturated carbocycles. The first-order valence-corrected chi connectivity index (χ1v) is 14.7. The number of aliphatic hydroxyl groups excluding tert-OH is 1. The molecule has 0 heterocycles. The van der Waals surface area contributed by atoms with Gasteiger partial charge in [-0.2, -0.15) is 0 Å². The van der Waals surface area contributed by atoms with E-state index in [2.05, 4.69) is 62.3 Å². The highest BCUT2D eigenvalue weighted by Gasteiger charge is 2.61. The van der Waals surface area contributed by atoms with Crippen LogP contribution in [0.4, 0.5) is 0 Å². The predicted molar refractivity (Wildman–Crippen MR) is 143 cm³/mol. The number of hydrogen-bond acceptors (Lipinski definition) is 3. The summed E-state index contributed by atoms with van der Waals surface area (Å²) < 4.78 is 6.31. The van der Waals surface area contributed by atoms with Gasteiger partial charge in [0, 0.05) is 13.0 Å². The van der Waals surface area contributed by atoms with Crippen LogP contribution in [0, 0.1) is 46.3 Å². The van der Waals surface area contributed by atoms with Crippen LogP contribution in [-0.4, -0.2) is 34.1 Å². The smallest absolute Gasteiger partial charge is 0.0700 e. The lowest BCUT2D eigenvalue weighted by Gasteiger charge is -2.60. The Bertz CT molecular complexity index is 664. The number of aliphatic hydroxyl groups is 2. The third-order valence-electron chi connectivity index (χ3n) is 11.0. The molecule has 9 atom stereocenters. The predicted octanol–water partition coefficient (Wildman–Crippen LogP) is 7.62. The molecule has 3 rings (SSSR count). The van der Waals surface area contributed by atoms with Gasteiger partial charge >= 0.3 is 0 Å². The van der Waals surface area contributed by atoms with Crippen molar-refractivity contribution in [1.29, 1.82) is 0 Å². The van der Waals surface area contributed by atoms with Gasteiger partial charge in [-0.05, 0) is 113 Å². The van der Waals surface area contributed by atoms with Crippen molar-refractivity contribution in [3.63, 3.8) is 0 Å². The highest BCUT2D eigenvalue weighted by molar-refractivity contribution is 5.10. The summed E-state index contributed by atoms with van der Waals surface area (Å²) in [4.78, 5) is 0. The van der Waals surface area contributed by atoms with E-state index in [4.69, 9.17) is 4.74 Å². The maximum Gasteiger partial charge on any atom is 0.0700 e. The summed E-state index contributed by atoms with van der Waals surface area (Å²) in [6.07, 6.45) is 11.8. The summed E-state index contributed by atoms with van der Waals surface area (Å²) >= 11 is 0. The Hall–Kier alpha value is -0.120. The van der Waals surface area contributed by atoms with Gasteiger partial charge in [0.15, 0.2) is 0 Å². The van der Waals surface area contributed by atoms with E-state index in [1.54, 1.807) is 0 Å². The van der Waals surface area contributed by atoms with E-state index in [0.29, 0.717) is 29.6 Å². The van der Waals surface area contributed by atoms with Crippen molar-refractivity contribution in [3.05, 3.63) is 0 Å². The minimum atomic E-state index is -0.769. The van der Waals surface area contributed by atoms with Crippen molar-refractivity contribution < 1.29 is 14.9 Å². The highest BCUT2D eigenvalue weighted by Crippen LogP contribution is 2.65. The molecule has 2 N–H and O–H groups in total. The van der Waals surface area contributed by atoms with Crippen LogP contribution in [0.2, 0.25) is 0 Å². The Balaban J connectivity index is 1.75. The van der Waals surface area contributed by atoms with Gasteiger partial charge in [-0.3, -0.25) is 0 Å². The van der Waals surface area contributed by atoms with E-state index in [1.165, 1.54) is 38.5 Å². The minimum absolute atomic E-state index is 0.118. The zero-order valence-electron chi connectivity index (χ0n) is 24.1. The van der Waals surface area contributed by atoms with Gasteiger partial charge in [0.1, 0.15) is 0 Å². The summed E-state index contributed by atoms with van der Waals surface area (Å²) in [6.45, 7) is 20.7. The fourth-order valence-electron chi connectivity index (χ4n) is 9.05. The number of fused-ring (bicyclic) bond motifs is 1. The molecular weight excluding hydrogens is 420 g/mol. The molecule has 3 heteroatoms. The van der Waals surface area contributed by atoms with Gasteiger partial charge in [-0.15, -0.1) is 0 Å². The highest BCUT2D eigenvalue weighted by atomic mass is 16.5. The zero-order valence-corrected chi connectivity index (χ0v) is 24.1. The Morgan fingerprint density at radius 3 is 2.15 bits per heavy atom. The minimum Gasteiger partial charge on any atom is -0.396 e. The zero-order chi connectivity index (χ0) is 25.5. The topological polar surface area (TPSA) is 49.7 Å². The Morgan fingerprint density at radius 1 is 0.912 bits per heavy atom. The molecule has 34 heavy (non-hydrogen) atoms. The number of ether oxygens (including phenoxy) is 1. The summed E-state index contributed by atoms with van der Waals surface area (Å²) in [5.41, 5.74) is -0.773. The number of hydrogen-bond donors (Lipinski definition) is 2. The van der Waals surface area contributed by atoms with Crippen molar-refractivity contribution >= 4 is 0 Å². The van der Waals surface area contributed by atoms with Crippen molar-refractivity contribution in [1.82, 2.24) is 0 Å². The first-order valence-electron chi connectivity index (χ1n) is 14.7. The molecule has 200 valence electrons. The van der Waals surface area contributed by atoms with Gasteiger partial charge in [0.05, 0.1) is 17.3 Å². The van der Waals surface area contributed by atoms with Crippen LogP contribution in [-0.2, 0) is 4.74 Å². The van der Waals surface area contributed by atoms with Crippen LogP contribution in [0.25, 0.3) is 0 Å². The van der Waals surface area contributed by atoms with E-state index in [0.717, 1.165) is 37.0 Å². The fourth-order valence-corrected chi connectivity index (χ4v) is 9.05. The molecule has 3 fully saturated rings. The molecule has 3 aliphatic carbocycles. The Kier molecular flexibility index (Phi) is 8.64. The van der Waals surface area contributed by atoms with E-state index in [9.17, 15) is 10.2 Å². The average molecular weight is 479 g/mol. The third-order valence-corrected chi connectivity index (χ3v) is 11.0. The average Bonchev–Trinajstić information content (AvgIpc) is 3.05.